The first-order valence-electron chi connectivity index (χ1n) is 6.50. The van der Waals surface area contributed by atoms with E-state index >= 15 is 0 Å². The molecule has 0 aliphatic carbocycles. The summed E-state index contributed by atoms with van der Waals surface area (Å²) >= 11 is 0. The second kappa shape index (κ2) is 5.53. The number of nitrogens with zero attached hydrogens (tertiary/aromatic N) is 6. The number of hydrogen-bond donors (Lipinski definition) is 0. The molecule has 0 saturated carbocycles. The van der Waals surface area contributed by atoms with Gasteiger partial charge in [0, 0.05) is 38.6 Å². The maximum Gasteiger partial charge on any atom is 0.225 e. The predicted octanol–water partition coefficient (Wildman–Crippen LogP) is 1.07. The molecule has 0 radical (unpaired) electrons. The Kier molecular flexibility index (Phi) is 3.42. The molecule has 0 atom stereocenters. The molecule has 20 heavy (non-hydrogen) atoms. The molecule has 2 aromatic rings. The predicted molar refractivity (Wildman–Crippen MR) is 75.4 cm³/mol. The molecule has 6 nitrogen and oxygen atoms in total. The Balaban J connectivity index is 1.65. The van der Waals surface area contributed by atoms with E-state index < -0.39 is 0 Å². The van der Waals surface area contributed by atoms with Crippen LogP contribution in [0.5, 0.6) is 0 Å². The molecule has 0 aromatic carbocycles. The molecule has 100 valence electrons. The molecular weight excluding hydrogens is 252 g/mol. The maximum absolute atomic E-state index is 8.75. The minimum Gasteiger partial charge on any atom is -0.367 e. The molecule has 6 heteroatoms. The summed E-state index contributed by atoms with van der Waals surface area (Å²) in [6.07, 6.45) is 5.28. The average Bonchev–Trinajstić information content (AvgIpc) is 2.56. The van der Waals surface area contributed by atoms with Gasteiger partial charge in [-0.15, -0.1) is 0 Å². The molecule has 0 bridgehead atoms. The van der Waals surface area contributed by atoms with Crippen molar-refractivity contribution in [3.05, 3.63) is 42.5 Å². The van der Waals surface area contributed by atoms with Crippen molar-refractivity contribution in [1.29, 1.82) is 5.26 Å². The van der Waals surface area contributed by atoms with Crippen LogP contribution in [0.15, 0.2) is 36.8 Å². The lowest BCUT2D eigenvalue weighted by atomic mass is 10.2. The van der Waals surface area contributed by atoms with E-state index in [0.717, 1.165) is 37.8 Å². The summed E-state index contributed by atoms with van der Waals surface area (Å²) in [5, 5.41) is 8.75. The average molecular weight is 266 g/mol. The van der Waals surface area contributed by atoms with E-state index in [4.69, 9.17) is 5.26 Å². The first-order chi connectivity index (χ1) is 9.86. The Hall–Kier alpha value is -2.68. The molecule has 0 amide bonds. The third-order valence-electron chi connectivity index (χ3n) is 3.34. The van der Waals surface area contributed by atoms with Gasteiger partial charge in [0.25, 0.3) is 0 Å². The zero-order chi connectivity index (χ0) is 13.8. The lowest BCUT2D eigenvalue weighted by Gasteiger charge is -2.35. The van der Waals surface area contributed by atoms with Crippen LogP contribution >= 0.6 is 0 Å². The Morgan fingerprint density at radius 1 is 0.950 bits per heavy atom. The van der Waals surface area contributed by atoms with Crippen LogP contribution in [0.25, 0.3) is 0 Å². The first-order valence-corrected chi connectivity index (χ1v) is 6.50. The van der Waals surface area contributed by atoms with Gasteiger partial charge in [0.15, 0.2) is 0 Å². The van der Waals surface area contributed by atoms with Crippen LogP contribution in [0.1, 0.15) is 5.69 Å². The van der Waals surface area contributed by atoms with Gasteiger partial charge in [0.2, 0.25) is 5.95 Å². The van der Waals surface area contributed by atoms with Gasteiger partial charge in [0.05, 0.1) is 11.9 Å². The van der Waals surface area contributed by atoms with Crippen LogP contribution in [-0.2, 0) is 0 Å². The lowest BCUT2D eigenvalue weighted by Crippen LogP contribution is -2.47. The summed E-state index contributed by atoms with van der Waals surface area (Å²) in [4.78, 5) is 17.1. The number of nitriles is 1. The van der Waals surface area contributed by atoms with E-state index in [1.54, 1.807) is 24.7 Å². The van der Waals surface area contributed by atoms with Gasteiger partial charge in [-0.3, -0.25) is 0 Å². The molecule has 0 N–H and O–H groups in total. The Bertz CT molecular complexity index is 596. The number of rotatable bonds is 2. The molecule has 3 heterocycles. The zero-order valence-electron chi connectivity index (χ0n) is 11.0. The second-order valence-corrected chi connectivity index (χ2v) is 4.54. The summed E-state index contributed by atoms with van der Waals surface area (Å²) in [6.45, 7) is 3.55. The lowest BCUT2D eigenvalue weighted by molar-refractivity contribution is 0.639. The van der Waals surface area contributed by atoms with Crippen molar-refractivity contribution < 1.29 is 0 Å². The van der Waals surface area contributed by atoms with Gasteiger partial charge < -0.3 is 9.80 Å². The highest BCUT2D eigenvalue weighted by atomic mass is 15.3. The van der Waals surface area contributed by atoms with Gasteiger partial charge in [-0.05, 0) is 18.2 Å². The molecule has 0 unspecified atom stereocenters. The molecule has 2 aromatic heterocycles. The summed E-state index contributed by atoms with van der Waals surface area (Å²) < 4.78 is 0. The number of pyridine rings is 1. The standard InChI is InChI=1S/C14H14N6/c15-10-12-2-3-13(11-18-12)19-6-8-20(9-7-19)14-16-4-1-5-17-14/h1-5,11H,6-9H2. The minimum absolute atomic E-state index is 0.449. The van der Waals surface area contributed by atoms with E-state index in [0.29, 0.717) is 5.69 Å². The molecule has 0 spiro atoms. The highest BCUT2D eigenvalue weighted by molar-refractivity contribution is 5.48. The normalized spacial score (nSPS) is 14.9. The van der Waals surface area contributed by atoms with Gasteiger partial charge in [0.1, 0.15) is 11.8 Å². The highest BCUT2D eigenvalue weighted by Gasteiger charge is 2.19. The third kappa shape index (κ3) is 2.52. The van der Waals surface area contributed by atoms with Crippen molar-refractivity contribution >= 4 is 11.6 Å². The number of piperazine rings is 1. The number of aromatic nitrogens is 3. The molecule has 1 saturated heterocycles. The monoisotopic (exact) mass is 266 g/mol. The zero-order valence-corrected chi connectivity index (χ0v) is 11.0. The number of anilines is 2. The van der Waals surface area contributed by atoms with Crippen molar-refractivity contribution in [2.24, 2.45) is 0 Å². The fourth-order valence-corrected chi connectivity index (χ4v) is 2.26. The van der Waals surface area contributed by atoms with E-state index in [2.05, 4.69) is 24.8 Å². The smallest absolute Gasteiger partial charge is 0.225 e. The van der Waals surface area contributed by atoms with Crippen LogP contribution < -0.4 is 9.80 Å². The highest BCUT2D eigenvalue weighted by Crippen LogP contribution is 2.17. The van der Waals surface area contributed by atoms with Crippen LogP contribution in [0, 0.1) is 11.3 Å². The van der Waals surface area contributed by atoms with Crippen LogP contribution in [-0.4, -0.2) is 41.1 Å². The van der Waals surface area contributed by atoms with Crippen LogP contribution in [0.2, 0.25) is 0 Å². The quantitative estimate of drug-likeness (QED) is 0.810. The van der Waals surface area contributed by atoms with Gasteiger partial charge in [-0.25, -0.2) is 15.0 Å². The van der Waals surface area contributed by atoms with E-state index in [1.807, 2.05) is 18.2 Å². The van der Waals surface area contributed by atoms with E-state index in [1.165, 1.54) is 0 Å². The largest absolute Gasteiger partial charge is 0.367 e. The molecule has 1 aliphatic rings. The fourth-order valence-electron chi connectivity index (χ4n) is 2.26. The maximum atomic E-state index is 8.75. The van der Waals surface area contributed by atoms with Crippen molar-refractivity contribution in [2.75, 3.05) is 36.0 Å². The van der Waals surface area contributed by atoms with Crippen molar-refractivity contribution in [3.63, 3.8) is 0 Å². The molecular formula is C14H14N6. The SMILES string of the molecule is N#Cc1ccc(N2CCN(c3ncccn3)CC2)cn1. The van der Waals surface area contributed by atoms with Gasteiger partial charge >= 0.3 is 0 Å². The van der Waals surface area contributed by atoms with Crippen LogP contribution in [0.4, 0.5) is 11.6 Å². The summed E-state index contributed by atoms with van der Waals surface area (Å²) in [7, 11) is 0. The summed E-state index contributed by atoms with van der Waals surface area (Å²) in [6, 6.07) is 7.55. The second-order valence-electron chi connectivity index (χ2n) is 4.54. The molecule has 3 rings (SSSR count). The van der Waals surface area contributed by atoms with Crippen molar-refractivity contribution in [2.45, 2.75) is 0 Å². The van der Waals surface area contributed by atoms with Crippen molar-refractivity contribution in [1.82, 2.24) is 15.0 Å². The minimum atomic E-state index is 0.449. The first kappa shape index (κ1) is 12.4. The summed E-state index contributed by atoms with van der Waals surface area (Å²) in [5.41, 5.74) is 1.50. The van der Waals surface area contributed by atoms with Crippen molar-refractivity contribution in [3.8, 4) is 6.07 Å². The molecule has 1 fully saturated rings. The Morgan fingerprint density at radius 3 is 2.25 bits per heavy atom. The number of hydrogen-bond acceptors (Lipinski definition) is 6. The van der Waals surface area contributed by atoms with E-state index in [-0.39, 0.29) is 0 Å². The van der Waals surface area contributed by atoms with Gasteiger partial charge in [-0.1, -0.05) is 0 Å². The summed E-state index contributed by atoms with van der Waals surface area (Å²) in [5.74, 6) is 0.783. The topological polar surface area (TPSA) is 68.9 Å². The van der Waals surface area contributed by atoms with Gasteiger partial charge in [-0.2, -0.15) is 5.26 Å². The Morgan fingerprint density at radius 2 is 1.65 bits per heavy atom. The third-order valence-corrected chi connectivity index (χ3v) is 3.34. The van der Waals surface area contributed by atoms with Crippen LogP contribution in [0.3, 0.4) is 0 Å². The Labute approximate surface area is 117 Å². The molecule has 1 aliphatic heterocycles. The fraction of sp³-hybridized carbons (Fsp3) is 0.286. The van der Waals surface area contributed by atoms with E-state index in [9.17, 15) is 0 Å².